The number of nitrogens with zero attached hydrogens (tertiary/aromatic N) is 1. The summed E-state index contributed by atoms with van der Waals surface area (Å²) >= 11 is 0. The van der Waals surface area contributed by atoms with Crippen LogP contribution in [0.3, 0.4) is 0 Å². The quantitative estimate of drug-likeness (QED) is 0.838. The maximum absolute atomic E-state index is 12.3. The van der Waals surface area contributed by atoms with Crippen molar-refractivity contribution in [2.45, 2.75) is 45.3 Å². The minimum Gasteiger partial charge on any atom is -0.497 e. The van der Waals surface area contributed by atoms with Crippen LogP contribution < -0.4 is 20.1 Å². The number of carbonyl (C=O) groups is 2. The Morgan fingerprint density at radius 2 is 1.59 bits per heavy atom. The highest BCUT2D eigenvalue weighted by Gasteiger charge is 2.27. The number of carbonyl (C=O) groups excluding carboxylic acids is 2. The minimum absolute atomic E-state index is 0.00353. The van der Waals surface area contributed by atoms with E-state index in [9.17, 15) is 9.59 Å². The molecule has 8 nitrogen and oxygen atoms in total. The molecule has 1 aromatic rings. The Labute approximate surface area is 160 Å². The fourth-order valence-corrected chi connectivity index (χ4v) is 2.77. The molecule has 1 heterocycles. The molecule has 0 atom stereocenters. The Kier molecular flexibility index (Phi) is 6.76. The molecule has 2 rings (SSSR count). The molecular weight excluding hydrogens is 350 g/mol. The molecule has 1 fully saturated rings. The Hall–Kier alpha value is -2.64. The third-order valence-electron chi connectivity index (χ3n) is 4.09. The predicted molar refractivity (Wildman–Crippen MR) is 103 cm³/mol. The topological polar surface area (TPSA) is 89.1 Å². The van der Waals surface area contributed by atoms with E-state index in [1.54, 1.807) is 37.3 Å². The molecule has 0 spiro atoms. The number of anilines is 1. The van der Waals surface area contributed by atoms with Gasteiger partial charge in [0, 0.05) is 43.0 Å². The summed E-state index contributed by atoms with van der Waals surface area (Å²) in [5, 5.41) is 5.73. The normalized spacial score (nSPS) is 15.1. The highest BCUT2D eigenvalue weighted by Crippen LogP contribution is 2.25. The highest BCUT2D eigenvalue weighted by molar-refractivity contribution is 5.90. The van der Waals surface area contributed by atoms with Crippen molar-refractivity contribution in [3.05, 3.63) is 18.2 Å². The summed E-state index contributed by atoms with van der Waals surface area (Å²) in [6, 6.07) is 4.85. The van der Waals surface area contributed by atoms with E-state index in [2.05, 4.69) is 10.6 Å². The second kappa shape index (κ2) is 8.83. The molecule has 1 aliphatic heterocycles. The number of methoxy groups -OCH3 is 2. The summed E-state index contributed by atoms with van der Waals surface area (Å²) < 4.78 is 15.8. The van der Waals surface area contributed by atoms with E-state index >= 15 is 0 Å². The predicted octanol–water partition coefficient (Wildman–Crippen LogP) is 3.22. The number of amides is 3. The molecule has 0 radical (unpaired) electrons. The molecule has 27 heavy (non-hydrogen) atoms. The van der Waals surface area contributed by atoms with Crippen molar-refractivity contribution in [3.8, 4) is 11.5 Å². The van der Waals surface area contributed by atoms with Crippen LogP contribution >= 0.6 is 0 Å². The van der Waals surface area contributed by atoms with Crippen LogP contribution in [0.15, 0.2) is 18.2 Å². The van der Waals surface area contributed by atoms with E-state index in [0.717, 1.165) is 0 Å². The largest absolute Gasteiger partial charge is 0.497 e. The maximum atomic E-state index is 12.3. The lowest BCUT2D eigenvalue weighted by Crippen LogP contribution is -2.48. The minimum atomic E-state index is -0.510. The number of likely N-dealkylation sites (tertiary alicyclic amines) is 1. The van der Waals surface area contributed by atoms with Gasteiger partial charge in [-0.15, -0.1) is 0 Å². The number of benzene rings is 1. The van der Waals surface area contributed by atoms with Gasteiger partial charge in [-0.1, -0.05) is 0 Å². The smallest absolute Gasteiger partial charge is 0.410 e. The third kappa shape index (κ3) is 6.54. The zero-order valence-electron chi connectivity index (χ0n) is 16.6. The van der Waals surface area contributed by atoms with Crippen molar-refractivity contribution < 1.29 is 23.8 Å². The van der Waals surface area contributed by atoms with Crippen LogP contribution in [0.4, 0.5) is 15.3 Å². The van der Waals surface area contributed by atoms with Gasteiger partial charge in [-0.25, -0.2) is 9.59 Å². The number of ether oxygens (including phenoxy) is 3. The summed E-state index contributed by atoms with van der Waals surface area (Å²) in [6.45, 7) is 6.63. The molecule has 1 aliphatic rings. The lowest BCUT2D eigenvalue weighted by atomic mass is 10.1. The van der Waals surface area contributed by atoms with Crippen molar-refractivity contribution in [1.29, 1.82) is 0 Å². The molecule has 3 amide bonds. The number of nitrogens with one attached hydrogen (secondary N) is 2. The first-order chi connectivity index (χ1) is 12.7. The number of urea groups is 1. The first kappa shape index (κ1) is 20.7. The Bertz CT molecular complexity index is 642. The van der Waals surface area contributed by atoms with Gasteiger partial charge in [0.05, 0.1) is 14.2 Å². The van der Waals surface area contributed by atoms with Gasteiger partial charge in [-0.3, -0.25) is 0 Å². The molecule has 150 valence electrons. The summed E-state index contributed by atoms with van der Waals surface area (Å²) in [6.07, 6.45) is 1.04. The molecule has 0 saturated carbocycles. The van der Waals surface area contributed by atoms with Crippen LogP contribution in [-0.2, 0) is 4.74 Å². The van der Waals surface area contributed by atoms with E-state index in [-0.39, 0.29) is 18.2 Å². The molecule has 1 saturated heterocycles. The first-order valence-corrected chi connectivity index (χ1v) is 8.98. The van der Waals surface area contributed by atoms with Gasteiger partial charge in [0.25, 0.3) is 0 Å². The van der Waals surface area contributed by atoms with E-state index in [0.29, 0.717) is 43.1 Å². The number of hydrogen-bond donors (Lipinski definition) is 2. The van der Waals surface area contributed by atoms with E-state index in [4.69, 9.17) is 14.2 Å². The summed E-state index contributed by atoms with van der Waals surface area (Å²) in [5.41, 5.74) is 0.0685. The lowest BCUT2D eigenvalue weighted by molar-refractivity contribution is 0.0202. The molecule has 0 aromatic heterocycles. The second-order valence-corrected chi connectivity index (χ2v) is 7.44. The summed E-state index contributed by atoms with van der Waals surface area (Å²) in [4.78, 5) is 26.0. The van der Waals surface area contributed by atoms with Crippen molar-refractivity contribution in [3.63, 3.8) is 0 Å². The number of rotatable bonds is 4. The molecular formula is C19H29N3O5. The van der Waals surface area contributed by atoms with Crippen LogP contribution in [0, 0.1) is 0 Å². The van der Waals surface area contributed by atoms with Crippen LogP contribution in [-0.4, -0.2) is 56.0 Å². The van der Waals surface area contributed by atoms with E-state index in [1.165, 1.54) is 0 Å². The Balaban J connectivity index is 1.83. The molecule has 0 aliphatic carbocycles. The van der Waals surface area contributed by atoms with Crippen LogP contribution in [0.2, 0.25) is 0 Å². The third-order valence-corrected chi connectivity index (χ3v) is 4.09. The molecule has 2 N–H and O–H groups in total. The van der Waals surface area contributed by atoms with Crippen molar-refractivity contribution >= 4 is 17.8 Å². The van der Waals surface area contributed by atoms with Crippen molar-refractivity contribution in [2.24, 2.45) is 0 Å². The Morgan fingerprint density at radius 1 is 1.04 bits per heavy atom. The zero-order valence-corrected chi connectivity index (χ0v) is 16.6. The Morgan fingerprint density at radius 3 is 2.07 bits per heavy atom. The average Bonchev–Trinajstić information content (AvgIpc) is 2.60. The number of piperidine rings is 1. The molecule has 8 heteroatoms. The zero-order chi connectivity index (χ0) is 20.0. The number of hydrogen-bond acceptors (Lipinski definition) is 5. The van der Waals surface area contributed by atoms with Gasteiger partial charge in [-0.2, -0.15) is 0 Å². The van der Waals surface area contributed by atoms with Gasteiger partial charge in [0.2, 0.25) is 0 Å². The fraction of sp³-hybridized carbons (Fsp3) is 0.579. The highest BCUT2D eigenvalue weighted by atomic mass is 16.6. The maximum Gasteiger partial charge on any atom is 0.410 e. The van der Waals surface area contributed by atoms with E-state index < -0.39 is 5.60 Å². The van der Waals surface area contributed by atoms with Gasteiger partial charge < -0.3 is 29.7 Å². The molecule has 0 unspecified atom stereocenters. The van der Waals surface area contributed by atoms with E-state index in [1.807, 2.05) is 20.8 Å². The van der Waals surface area contributed by atoms with Crippen molar-refractivity contribution in [2.75, 3.05) is 32.6 Å². The monoisotopic (exact) mass is 379 g/mol. The fourth-order valence-electron chi connectivity index (χ4n) is 2.77. The summed E-state index contributed by atoms with van der Waals surface area (Å²) in [7, 11) is 3.11. The van der Waals surface area contributed by atoms with Gasteiger partial charge in [0.1, 0.15) is 17.1 Å². The molecule has 0 bridgehead atoms. The standard InChI is InChI=1S/C19H29N3O5/c1-19(2,3)27-18(24)22-8-6-13(7-9-22)20-17(23)21-14-10-15(25-4)12-16(11-14)26-5/h10-13H,6-9H2,1-5H3,(H2,20,21,23). The summed E-state index contributed by atoms with van der Waals surface area (Å²) in [5.74, 6) is 1.19. The van der Waals surface area contributed by atoms with Crippen LogP contribution in [0.25, 0.3) is 0 Å². The first-order valence-electron chi connectivity index (χ1n) is 8.98. The van der Waals surface area contributed by atoms with Gasteiger partial charge in [-0.05, 0) is 33.6 Å². The second-order valence-electron chi connectivity index (χ2n) is 7.44. The van der Waals surface area contributed by atoms with Gasteiger partial charge >= 0.3 is 12.1 Å². The van der Waals surface area contributed by atoms with Crippen LogP contribution in [0.1, 0.15) is 33.6 Å². The molecule has 1 aromatic carbocycles. The van der Waals surface area contributed by atoms with Crippen LogP contribution in [0.5, 0.6) is 11.5 Å². The SMILES string of the molecule is COc1cc(NC(=O)NC2CCN(C(=O)OC(C)(C)C)CC2)cc(OC)c1. The lowest BCUT2D eigenvalue weighted by Gasteiger charge is -2.33. The average molecular weight is 379 g/mol. The van der Waals surface area contributed by atoms with Gasteiger partial charge in [0.15, 0.2) is 0 Å². The van der Waals surface area contributed by atoms with Crippen molar-refractivity contribution in [1.82, 2.24) is 10.2 Å².